The zero-order valence-corrected chi connectivity index (χ0v) is 13.9. The standard InChI is InChI=1S/C16H19N5O2S/c22-15(17-8-9-24-14-10-18-21-20-14)12-4-6-13(7-5-12)19-16(23)11-2-1-3-11/h4-7,10-11H,1-3,8-9H2,(H,17,22)(H,19,23)(H,18,20,21). The third-order valence-electron chi connectivity index (χ3n) is 3.92. The van der Waals surface area contributed by atoms with Gasteiger partial charge in [0.25, 0.3) is 5.91 Å². The van der Waals surface area contributed by atoms with Gasteiger partial charge in [-0.25, -0.2) is 0 Å². The molecule has 1 heterocycles. The van der Waals surface area contributed by atoms with Gasteiger partial charge in [0.2, 0.25) is 5.91 Å². The number of hydrogen-bond acceptors (Lipinski definition) is 5. The molecule has 8 heteroatoms. The zero-order chi connectivity index (χ0) is 16.8. The summed E-state index contributed by atoms with van der Waals surface area (Å²) < 4.78 is 0. The highest BCUT2D eigenvalue weighted by Gasteiger charge is 2.25. The molecule has 2 aromatic rings. The molecule has 1 aliphatic rings. The molecule has 1 fully saturated rings. The smallest absolute Gasteiger partial charge is 0.251 e. The Hall–Kier alpha value is -2.35. The van der Waals surface area contributed by atoms with Gasteiger partial charge >= 0.3 is 0 Å². The molecule has 3 rings (SSSR count). The van der Waals surface area contributed by atoms with Crippen molar-refractivity contribution in [2.45, 2.75) is 24.3 Å². The highest BCUT2D eigenvalue weighted by molar-refractivity contribution is 7.99. The van der Waals surface area contributed by atoms with E-state index in [1.807, 2.05) is 0 Å². The molecule has 24 heavy (non-hydrogen) atoms. The number of aromatic nitrogens is 3. The van der Waals surface area contributed by atoms with Crippen LogP contribution >= 0.6 is 11.8 Å². The molecule has 0 radical (unpaired) electrons. The van der Waals surface area contributed by atoms with E-state index in [0.29, 0.717) is 17.9 Å². The van der Waals surface area contributed by atoms with Crippen LogP contribution in [-0.2, 0) is 4.79 Å². The Labute approximate surface area is 144 Å². The first-order chi connectivity index (χ1) is 11.7. The van der Waals surface area contributed by atoms with Crippen LogP contribution in [0.4, 0.5) is 5.69 Å². The van der Waals surface area contributed by atoms with Crippen LogP contribution in [0.3, 0.4) is 0 Å². The second-order valence-corrected chi connectivity index (χ2v) is 6.72. The lowest BCUT2D eigenvalue weighted by Crippen LogP contribution is -2.28. The number of carbonyl (C=O) groups excluding carboxylic acids is 2. The average molecular weight is 345 g/mol. The van der Waals surface area contributed by atoms with Gasteiger partial charge in [-0.3, -0.25) is 9.59 Å². The Morgan fingerprint density at radius 3 is 2.67 bits per heavy atom. The molecule has 0 saturated heterocycles. The topological polar surface area (TPSA) is 99.8 Å². The zero-order valence-electron chi connectivity index (χ0n) is 13.1. The lowest BCUT2D eigenvalue weighted by Gasteiger charge is -2.24. The summed E-state index contributed by atoms with van der Waals surface area (Å²) in [4.78, 5) is 23.9. The molecule has 1 saturated carbocycles. The summed E-state index contributed by atoms with van der Waals surface area (Å²) in [6.07, 6.45) is 4.71. The third kappa shape index (κ3) is 4.35. The first kappa shape index (κ1) is 16.5. The van der Waals surface area contributed by atoms with Crippen molar-refractivity contribution in [1.82, 2.24) is 20.7 Å². The Kier molecular flexibility index (Phi) is 5.47. The number of H-pyrrole nitrogens is 1. The van der Waals surface area contributed by atoms with Gasteiger partial charge in [0.05, 0.1) is 6.20 Å². The minimum absolute atomic E-state index is 0.0725. The van der Waals surface area contributed by atoms with Crippen molar-refractivity contribution in [3.05, 3.63) is 36.0 Å². The van der Waals surface area contributed by atoms with Gasteiger partial charge in [-0.05, 0) is 37.1 Å². The molecule has 2 amide bonds. The molecule has 0 atom stereocenters. The average Bonchev–Trinajstić information content (AvgIpc) is 3.03. The van der Waals surface area contributed by atoms with Crippen molar-refractivity contribution in [2.75, 3.05) is 17.6 Å². The second kappa shape index (κ2) is 7.96. The highest BCUT2D eigenvalue weighted by Crippen LogP contribution is 2.27. The van der Waals surface area contributed by atoms with Gasteiger partial charge in [0.15, 0.2) is 0 Å². The van der Waals surface area contributed by atoms with E-state index in [0.717, 1.165) is 30.0 Å². The van der Waals surface area contributed by atoms with E-state index in [2.05, 4.69) is 26.0 Å². The maximum Gasteiger partial charge on any atom is 0.251 e. The predicted molar refractivity (Wildman–Crippen MR) is 91.9 cm³/mol. The monoisotopic (exact) mass is 345 g/mol. The van der Waals surface area contributed by atoms with Crippen LogP contribution in [0.2, 0.25) is 0 Å². The molecule has 0 spiro atoms. The molecule has 0 aliphatic heterocycles. The SMILES string of the molecule is O=C(NCCSc1cn[nH]n1)c1ccc(NC(=O)C2CCC2)cc1. The molecule has 0 bridgehead atoms. The number of rotatable bonds is 7. The van der Waals surface area contributed by atoms with Crippen molar-refractivity contribution >= 4 is 29.3 Å². The minimum Gasteiger partial charge on any atom is -0.351 e. The number of aromatic amines is 1. The number of hydrogen-bond donors (Lipinski definition) is 3. The third-order valence-corrected chi connectivity index (χ3v) is 4.82. The summed E-state index contributed by atoms with van der Waals surface area (Å²) in [6.45, 7) is 0.538. The largest absolute Gasteiger partial charge is 0.351 e. The van der Waals surface area contributed by atoms with Crippen LogP contribution in [0.5, 0.6) is 0 Å². The molecular weight excluding hydrogens is 326 g/mol. The van der Waals surface area contributed by atoms with Crippen molar-refractivity contribution in [1.29, 1.82) is 0 Å². The van der Waals surface area contributed by atoms with Gasteiger partial charge in [-0.15, -0.1) is 16.9 Å². The van der Waals surface area contributed by atoms with Crippen molar-refractivity contribution < 1.29 is 9.59 Å². The molecule has 3 N–H and O–H groups in total. The van der Waals surface area contributed by atoms with Crippen molar-refractivity contribution in [2.24, 2.45) is 5.92 Å². The summed E-state index contributed by atoms with van der Waals surface area (Å²) in [5.74, 6) is 0.805. The fourth-order valence-electron chi connectivity index (χ4n) is 2.30. The van der Waals surface area contributed by atoms with Crippen LogP contribution in [0.15, 0.2) is 35.5 Å². The van der Waals surface area contributed by atoms with Crippen LogP contribution in [-0.4, -0.2) is 39.5 Å². The summed E-state index contributed by atoms with van der Waals surface area (Å²) in [5.41, 5.74) is 1.30. The number of benzene rings is 1. The first-order valence-electron chi connectivity index (χ1n) is 7.90. The number of anilines is 1. The first-order valence-corrected chi connectivity index (χ1v) is 8.88. The van der Waals surface area contributed by atoms with Crippen LogP contribution < -0.4 is 10.6 Å². The molecule has 0 unspecified atom stereocenters. The van der Waals surface area contributed by atoms with E-state index in [4.69, 9.17) is 0 Å². The minimum atomic E-state index is -0.132. The van der Waals surface area contributed by atoms with E-state index >= 15 is 0 Å². The van der Waals surface area contributed by atoms with Gasteiger partial charge in [-0.2, -0.15) is 10.3 Å². The number of amides is 2. The Morgan fingerprint density at radius 2 is 2.04 bits per heavy atom. The lowest BCUT2D eigenvalue weighted by atomic mass is 9.85. The van der Waals surface area contributed by atoms with Crippen molar-refractivity contribution in [3.63, 3.8) is 0 Å². The molecule has 7 nitrogen and oxygen atoms in total. The van der Waals surface area contributed by atoms with Crippen LogP contribution in [0.1, 0.15) is 29.6 Å². The Bertz CT molecular complexity index is 683. The molecular formula is C16H19N5O2S. The number of thioether (sulfide) groups is 1. The fourth-order valence-corrected chi connectivity index (χ4v) is 2.95. The molecule has 1 aromatic carbocycles. The Balaban J connectivity index is 1.42. The summed E-state index contributed by atoms with van der Waals surface area (Å²) in [5, 5.41) is 16.7. The summed E-state index contributed by atoms with van der Waals surface area (Å²) in [7, 11) is 0. The van der Waals surface area contributed by atoms with E-state index in [-0.39, 0.29) is 17.7 Å². The normalized spacial score (nSPS) is 14.0. The molecule has 126 valence electrons. The highest BCUT2D eigenvalue weighted by atomic mass is 32.2. The number of nitrogens with one attached hydrogen (secondary N) is 3. The van der Waals surface area contributed by atoms with Gasteiger partial charge in [-0.1, -0.05) is 6.42 Å². The molecule has 1 aromatic heterocycles. The number of carbonyl (C=O) groups is 2. The second-order valence-electron chi connectivity index (χ2n) is 5.61. The summed E-state index contributed by atoms with van der Waals surface area (Å²) in [6, 6.07) is 6.96. The van der Waals surface area contributed by atoms with Gasteiger partial charge < -0.3 is 10.6 Å². The van der Waals surface area contributed by atoms with E-state index in [1.54, 1.807) is 30.5 Å². The Morgan fingerprint density at radius 1 is 1.25 bits per heavy atom. The van der Waals surface area contributed by atoms with Gasteiger partial charge in [0.1, 0.15) is 5.03 Å². The van der Waals surface area contributed by atoms with Crippen LogP contribution in [0.25, 0.3) is 0 Å². The maximum absolute atomic E-state index is 12.1. The quantitative estimate of drug-likeness (QED) is 0.527. The molecule has 1 aliphatic carbocycles. The fraction of sp³-hybridized carbons (Fsp3) is 0.375. The lowest BCUT2D eigenvalue weighted by molar-refractivity contribution is -0.122. The van der Waals surface area contributed by atoms with Gasteiger partial charge in [0, 0.05) is 29.5 Å². The maximum atomic E-state index is 12.1. The van der Waals surface area contributed by atoms with Crippen molar-refractivity contribution in [3.8, 4) is 0 Å². The number of nitrogens with zero attached hydrogens (tertiary/aromatic N) is 2. The van der Waals surface area contributed by atoms with E-state index < -0.39 is 0 Å². The van der Waals surface area contributed by atoms with E-state index in [1.165, 1.54) is 11.8 Å². The van der Waals surface area contributed by atoms with Crippen LogP contribution in [0, 0.1) is 5.92 Å². The van der Waals surface area contributed by atoms with E-state index in [9.17, 15) is 9.59 Å². The summed E-state index contributed by atoms with van der Waals surface area (Å²) >= 11 is 1.52. The predicted octanol–water partition coefficient (Wildman–Crippen LogP) is 2.07.